The number of carbonyl (C=O) groups is 2. The summed E-state index contributed by atoms with van der Waals surface area (Å²) in [4.78, 5) is 28.9. The maximum Gasteiger partial charge on any atom is 0.412 e. The van der Waals surface area contributed by atoms with E-state index in [0.29, 0.717) is 12.2 Å². The first-order valence-electron chi connectivity index (χ1n) is 8.02. The third-order valence-electron chi connectivity index (χ3n) is 3.32. The molecule has 6 nitrogen and oxygen atoms in total. The average molecular weight is 371 g/mol. The molecule has 0 heterocycles. The van der Waals surface area contributed by atoms with Crippen LogP contribution in [0.1, 0.15) is 20.3 Å². The number of alkyl carbamates (subject to hydrolysis) is 1. The Morgan fingerprint density at radius 2 is 1.96 bits per heavy atom. The molecule has 0 atom stereocenters. The van der Waals surface area contributed by atoms with Crippen LogP contribution in [-0.2, 0) is 9.53 Å². The monoisotopic (exact) mass is 371 g/mol. The minimum absolute atomic E-state index is 0.0858. The fraction of sp³-hybridized carbons (Fsp3) is 0.211. The Morgan fingerprint density at radius 3 is 2.50 bits per heavy atom. The third kappa shape index (κ3) is 6.25. The third-order valence-corrected chi connectivity index (χ3v) is 4.36. The van der Waals surface area contributed by atoms with E-state index in [0.717, 1.165) is 21.2 Å². The van der Waals surface area contributed by atoms with Gasteiger partial charge in [0, 0.05) is 34.5 Å². The van der Waals surface area contributed by atoms with Gasteiger partial charge in [-0.05, 0) is 49.4 Å². The van der Waals surface area contributed by atoms with Crippen LogP contribution >= 0.6 is 11.8 Å². The summed E-state index contributed by atoms with van der Waals surface area (Å²) in [7, 11) is 1.31. The molecule has 2 N–H and O–H groups in total. The molecule has 26 heavy (non-hydrogen) atoms. The van der Waals surface area contributed by atoms with E-state index in [1.807, 2.05) is 36.4 Å². The Bertz CT molecular complexity index is 793. The van der Waals surface area contributed by atoms with Crippen molar-refractivity contribution in [1.82, 2.24) is 5.32 Å². The first-order valence-corrected chi connectivity index (χ1v) is 8.84. The van der Waals surface area contributed by atoms with Crippen LogP contribution in [0.15, 0.2) is 69.2 Å². The van der Waals surface area contributed by atoms with Crippen LogP contribution in [0.2, 0.25) is 0 Å². The highest BCUT2D eigenvalue weighted by Gasteiger charge is 2.07. The molecule has 0 aliphatic heterocycles. The molecule has 1 aliphatic rings. The maximum atomic E-state index is 11.3. The molecule has 136 valence electrons. The van der Waals surface area contributed by atoms with Crippen molar-refractivity contribution in [3.8, 4) is 0 Å². The number of methoxy groups -OCH3 is 1. The summed E-state index contributed by atoms with van der Waals surface area (Å²) < 4.78 is 4.57. The van der Waals surface area contributed by atoms with Crippen molar-refractivity contribution in [3.05, 3.63) is 59.3 Å². The number of nitrogens with zero attached hydrogens (tertiary/aromatic N) is 1. The van der Waals surface area contributed by atoms with Crippen molar-refractivity contribution in [2.75, 3.05) is 12.4 Å². The van der Waals surface area contributed by atoms with Gasteiger partial charge in [-0.2, -0.15) is 0 Å². The fourth-order valence-corrected chi connectivity index (χ4v) is 2.95. The molecule has 1 aromatic rings. The van der Waals surface area contributed by atoms with Gasteiger partial charge in [0.25, 0.3) is 0 Å². The summed E-state index contributed by atoms with van der Waals surface area (Å²) in [5.74, 6) is 0.367. The molecule has 7 heteroatoms. The lowest BCUT2D eigenvalue weighted by Crippen LogP contribution is -2.22. The summed E-state index contributed by atoms with van der Waals surface area (Å²) in [6.45, 7) is 3.28. The predicted molar refractivity (Wildman–Crippen MR) is 105 cm³/mol. The summed E-state index contributed by atoms with van der Waals surface area (Å²) >= 11 is 1.64. The number of hydrogen-bond acceptors (Lipinski definition) is 5. The van der Waals surface area contributed by atoms with Crippen molar-refractivity contribution in [2.45, 2.75) is 25.2 Å². The standard InChI is InChI=1S/C19H21N3O3S/c1-4-18(22-19(24)25-3)21-15-7-11-17(12-8-15)26-16-9-5-14(6-10-16)20-13(2)23/h4-7,9-12H,8H2,1-3H3,(H,20,23)(H,22,24)/b18-4+,21-15-. The summed E-state index contributed by atoms with van der Waals surface area (Å²) in [5.41, 5.74) is 1.63. The second-order valence-corrected chi connectivity index (χ2v) is 6.49. The molecular formula is C19H21N3O3S. The molecule has 0 saturated heterocycles. The van der Waals surface area contributed by atoms with E-state index in [4.69, 9.17) is 0 Å². The van der Waals surface area contributed by atoms with Crippen molar-refractivity contribution >= 4 is 35.2 Å². The molecule has 0 fully saturated rings. The number of amides is 2. The molecule has 0 radical (unpaired) electrons. The highest BCUT2D eigenvalue weighted by atomic mass is 32.2. The van der Waals surface area contributed by atoms with Crippen molar-refractivity contribution < 1.29 is 14.3 Å². The lowest BCUT2D eigenvalue weighted by atomic mass is 10.1. The lowest BCUT2D eigenvalue weighted by Gasteiger charge is -2.10. The minimum atomic E-state index is -0.545. The van der Waals surface area contributed by atoms with Crippen molar-refractivity contribution in [1.29, 1.82) is 0 Å². The molecular weight excluding hydrogens is 350 g/mol. The zero-order valence-corrected chi connectivity index (χ0v) is 15.7. The van der Waals surface area contributed by atoms with E-state index < -0.39 is 6.09 Å². The van der Waals surface area contributed by atoms with E-state index in [1.54, 1.807) is 24.8 Å². The van der Waals surface area contributed by atoms with Gasteiger partial charge in [0.1, 0.15) is 5.82 Å². The second kappa shape index (κ2) is 9.62. The normalized spacial score (nSPS) is 15.4. The number of benzene rings is 1. The molecule has 0 saturated carbocycles. The SMILES string of the molecule is C/C=C(\N=C1\C=CC(Sc2ccc(NC(C)=O)cc2)=CC1)NC(=O)OC. The number of aliphatic imine (C=N–C) groups is 1. The van der Waals surface area contributed by atoms with Gasteiger partial charge in [-0.3, -0.25) is 10.1 Å². The number of hydrogen-bond donors (Lipinski definition) is 2. The van der Waals surface area contributed by atoms with Gasteiger partial charge in [-0.15, -0.1) is 0 Å². The molecule has 2 rings (SSSR count). The first kappa shape index (κ1) is 19.5. The van der Waals surface area contributed by atoms with Crippen LogP contribution in [0.4, 0.5) is 10.5 Å². The van der Waals surface area contributed by atoms with Crippen LogP contribution < -0.4 is 10.6 Å². The predicted octanol–water partition coefficient (Wildman–Crippen LogP) is 4.24. The molecule has 1 aromatic carbocycles. The zero-order chi connectivity index (χ0) is 18.9. The maximum absolute atomic E-state index is 11.3. The number of thioether (sulfide) groups is 1. The van der Waals surface area contributed by atoms with Crippen molar-refractivity contribution in [2.24, 2.45) is 4.99 Å². The number of carbonyl (C=O) groups excluding carboxylic acids is 2. The van der Waals surface area contributed by atoms with Crippen molar-refractivity contribution in [3.63, 3.8) is 0 Å². The van der Waals surface area contributed by atoms with Gasteiger partial charge in [-0.25, -0.2) is 9.79 Å². The Balaban J connectivity index is 1.95. The van der Waals surface area contributed by atoms with E-state index in [-0.39, 0.29) is 5.91 Å². The van der Waals surface area contributed by atoms with Gasteiger partial charge in [0.05, 0.1) is 7.11 Å². The van der Waals surface area contributed by atoms with Crippen LogP contribution in [0.25, 0.3) is 0 Å². The van der Waals surface area contributed by atoms with E-state index in [1.165, 1.54) is 14.0 Å². The topological polar surface area (TPSA) is 79.8 Å². The summed E-state index contributed by atoms with van der Waals surface area (Å²) in [5, 5.41) is 5.30. The van der Waals surface area contributed by atoms with Crippen LogP contribution in [0.3, 0.4) is 0 Å². The quantitative estimate of drug-likeness (QED) is 0.811. The van der Waals surface area contributed by atoms with Crippen LogP contribution in [0.5, 0.6) is 0 Å². The number of anilines is 1. The fourth-order valence-electron chi connectivity index (χ4n) is 2.10. The van der Waals surface area contributed by atoms with E-state index >= 15 is 0 Å². The number of rotatable bonds is 5. The van der Waals surface area contributed by atoms with Gasteiger partial charge in [0.15, 0.2) is 0 Å². The van der Waals surface area contributed by atoms with Gasteiger partial charge in [0.2, 0.25) is 5.91 Å². The van der Waals surface area contributed by atoms with Crippen LogP contribution in [-0.4, -0.2) is 24.8 Å². The number of nitrogens with one attached hydrogen (secondary N) is 2. The zero-order valence-electron chi connectivity index (χ0n) is 14.9. The Hall–Kier alpha value is -2.80. The second-order valence-electron chi connectivity index (χ2n) is 5.35. The number of ether oxygens (including phenoxy) is 1. The molecule has 0 aromatic heterocycles. The highest BCUT2D eigenvalue weighted by molar-refractivity contribution is 8.03. The Morgan fingerprint density at radius 1 is 1.23 bits per heavy atom. The Kier molecular flexibility index (Phi) is 7.23. The molecule has 2 amide bonds. The minimum Gasteiger partial charge on any atom is -0.453 e. The van der Waals surface area contributed by atoms with Crippen LogP contribution in [0, 0.1) is 0 Å². The van der Waals surface area contributed by atoms with Gasteiger partial charge >= 0.3 is 6.09 Å². The smallest absolute Gasteiger partial charge is 0.412 e. The average Bonchev–Trinajstić information content (AvgIpc) is 2.63. The van der Waals surface area contributed by atoms with Gasteiger partial charge in [-0.1, -0.05) is 17.8 Å². The summed E-state index contributed by atoms with van der Waals surface area (Å²) in [6, 6.07) is 7.68. The number of allylic oxidation sites excluding steroid dienone is 4. The molecule has 0 unspecified atom stereocenters. The molecule has 1 aliphatic carbocycles. The van der Waals surface area contributed by atoms with E-state index in [9.17, 15) is 9.59 Å². The molecule has 0 spiro atoms. The Labute approximate surface area is 157 Å². The highest BCUT2D eigenvalue weighted by Crippen LogP contribution is 2.30. The van der Waals surface area contributed by atoms with E-state index in [2.05, 4.69) is 26.4 Å². The molecule has 0 bridgehead atoms. The summed E-state index contributed by atoms with van der Waals surface area (Å²) in [6.07, 6.45) is 7.83. The largest absolute Gasteiger partial charge is 0.453 e. The first-order chi connectivity index (χ1) is 12.5. The van der Waals surface area contributed by atoms with Gasteiger partial charge < -0.3 is 10.1 Å². The lowest BCUT2D eigenvalue weighted by molar-refractivity contribution is -0.114.